The molecule has 0 aliphatic carbocycles. The molecule has 0 unspecified atom stereocenters. The summed E-state index contributed by atoms with van der Waals surface area (Å²) in [6, 6.07) is 11.1. The number of benzene rings is 2. The summed E-state index contributed by atoms with van der Waals surface area (Å²) in [6.45, 7) is 1.68. The molecule has 9 heteroatoms. The number of anilines is 1. The summed E-state index contributed by atoms with van der Waals surface area (Å²) in [5, 5.41) is 17.1. The molecule has 2 amide bonds. The van der Waals surface area contributed by atoms with E-state index in [0.717, 1.165) is 4.90 Å². The molecule has 2 aromatic carbocycles. The minimum absolute atomic E-state index is 0.171. The second kappa shape index (κ2) is 7.23. The van der Waals surface area contributed by atoms with Gasteiger partial charge in [0.15, 0.2) is 5.78 Å². The molecule has 2 fully saturated rings. The van der Waals surface area contributed by atoms with Gasteiger partial charge < -0.3 is 0 Å². The average Bonchev–Trinajstić information content (AvgIpc) is 3.27. The molecule has 32 heavy (non-hydrogen) atoms. The number of nitro benzene ring substituents is 1. The van der Waals surface area contributed by atoms with Crippen LogP contribution in [0.2, 0.25) is 0 Å². The molecule has 9 nitrogen and oxygen atoms in total. The third-order valence-corrected chi connectivity index (χ3v) is 6.26. The quantitative estimate of drug-likeness (QED) is 0.319. The number of carbonyl (C=O) groups excluding carboxylic acids is 3. The fourth-order valence-electron chi connectivity index (χ4n) is 4.80. The Hall–Kier alpha value is -4.14. The van der Waals surface area contributed by atoms with Crippen LogP contribution in [0, 0.1) is 28.9 Å². The van der Waals surface area contributed by atoms with E-state index in [1.807, 2.05) is 0 Å². The Morgan fingerprint density at radius 2 is 1.78 bits per heavy atom. The van der Waals surface area contributed by atoms with Crippen LogP contribution >= 0.6 is 0 Å². The molecule has 0 saturated carbocycles. The van der Waals surface area contributed by atoms with E-state index in [1.165, 1.54) is 29.4 Å². The number of aryl methyl sites for hydroxylation is 1. The van der Waals surface area contributed by atoms with Crippen LogP contribution < -0.4 is 4.90 Å². The number of carbonyl (C=O) groups is 3. The molecule has 3 aliphatic heterocycles. The van der Waals surface area contributed by atoms with Crippen LogP contribution in [-0.2, 0) is 9.59 Å². The highest BCUT2D eigenvalue weighted by Gasteiger charge is 2.64. The van der Waals surface area contributed by atoms with Crippen molar-refractivity contribution in [3.8, 4) is 0 Å². The molecule has 5 rings (SSSR count). The third kappa shape index (κ3) is 2.78. The molecule has 2 saturated heterocycles. The zero-order valence-electron chi connectivity index (χ0n) is 17.0. The number of nitro groups is 1. The first kappa shape index (κ1) is 19.8. The second-order valence-corrected chi connectivity index (χ2v) is 7.99. The molecule has 3 aliphatic rings. The summed E-state index contributed by atoms with van der Waals surface area (Å²) in [5.74, 6) is -3.08. The molecule has 2 aromatic rings. The van der Waals surface area contributed by atoms with E-state index in [1.54, 1.807) is 49.4 Å². The fourth-order valence-corrected chi connectivity index (χ4v) is 4.80. The highest BCUT2D eigenvalue weighted by Crippen LogP contribution is 2.47. The molecule has 3 heterocycles. The van der Waals surface area contributed by atoms with Crippen LogP contribution in [0.25, 0.3) is 0 Å². The van der Waals surface area contributed by atoms with Crippen LogP contribution in [0.3, 0.4) is 0 Å². The van der Waals surface area contributed by atoms with Crippen LogP contribution in [0.5, 0.6) is 0 Å². The largest absolute Gasteiger partial charge is 0.292 e. The first-order valence-corrected chi connectivity index (χ1v) is 10.1. The number of amides is 2. The van der Waals surface area contributed by atoms with Crippen molar-refractivity contribution >= 4 is 35.2 Å². The Kier molecular flexibility index (Phi) is 4.47. The molecule has 0 aromatic heterocycles. The van der Waals surface area contributed by atoms with Gasteiger partial charge in [-0.15, -0.1) is 0 Å². The molecular weight excluding hydrogens is 412 g/mol. The third-order valence-electron chi connectivity index (χ3n) is 6.26. The number of ketones is 1. The van der Waals surface area contributed by atoms with E-state index < -0.39 is 40.7 Å². The first-order valence-electron chi connectivity index (χ1n) is 10.1. The number of Topliss-reactive ketones (excluding diaryl/α,β-unsaturated/α-hetero) is 1. The Balaban J connectivity index is 1.60. The van der Waals surface area contributed by atoms with E-state index >= 15 is 0 Å². The maximum atomic E-state index is 13.6. The van der Waals surface area contributed by atoms with Crippen molar-refractivity contribution in [1.82, 2.24) is 5.01 Å². The van der Waals surface area contributed by atoms with Gasteiger partial charge >= 0.3 is 0 Å². The standard InChI is InChI=1S/C23H18N4O5/c1-13-9-10-15(27(31)32)12-17(13)25-22(29)18-16-8-5-11-24-26(16)20(19(18)23(25)30)21(28)14-6-3-2-4-7-14/h2-12,16,18-20H,1H3/t16-,18-,19-,20+/m0/s1. The molecule has 160 valence electrons. The number of nitrogens with zero attached hydrogens (tertiary/aromatic N) is 4. The minimum Gasteiger partial charge on any atom is -0.292 e. The minimum atomic E-state index is -0.950. The van der Waals surface area contributed by atoms with Gasteiger partial charge in [-0.3, -0.25) is 29.5 Å². The van der Waals surface area contributed by atoms with Crippen molar-refractivity contribution in [1.29, 1.82) is 0 Å². The molecular formula is C23H18N4O5. The van der Waals surface area contributed by atoms with Gasteiger partial charge in [0, 0.05) is 23.9 Å². The van der Waals surface area contributed by atoms with Crippen molar-refractivity contribution in [2.24, 2.45) is 16.9 Å². The number of hydrogen-bond donors (Lipinski definition) is 0. The highest BCUT2D eigenvalue weighted by molar-refractivity contribution is 6.25. The van der Waals surface area contributed by atoms with E-state index in [0.29, 0.717) is 11.1 Å². The van der Waals surface area contributed by atoms with E-state index in [2.05, 4.69) is 5.10 Å². The number of hydrazone groups is 1. The number of rotatable bonds is 4. The fraction of sp³-hybridized carbons (Fsp3) is 0.217. The lowest BCUT2D eigenvalue weighted by Crippen LogP contribution is -2.46. The van der Waals surface area contributed by atoms with Crippen molar-refractivity contribution in [3.63, 3.8) is 0 Å². The summed E-state index contributed by atoms with van der Waals surface area (Å²) >= 11 is 0. The van der Waals surface area contributed by atoms with E-state index in [9.17, 15) is 24.5 Å². The van der Waals surface area contributed by atoms with Gasteiger partial charge in [-0.2, -0.15) is 5.10 Å². The highest BCUT2D eigenvalue weighted by atomic mass is 16.6. The number of fused-ring (bicyclic) bond motifs is 3. The monoisotopic (exact) mass is 430 g/mol. The van der Waals surface area contributed by atoms with E-state index in [4.69, 9.17) is 0 Å². The van der Waals surface area contributed by atoms with Gasteiger partial charge in [0.1, 0.15) is 6.04 Å². The smallest absolute Gasteiger partial charge is 0.271 e. The number of hydrogen-bond acceptors (Lipinski definition) is 7. The SMILES string of the molecule is Cc1ccc([N+](=O)[O-])cc1N1C(=O)[C@@H]2[C@H](C1=O)[C@H](C(=O)c1ccccc1)N1N=CC=C[C@@H]21. The number of non-ortho nitro benzene ring substituents is 1. The molecule has 0 bridgehead atoms. The first-order chi connectivity index (χ1) is 15.4. The topological polar surface area (TPSA) is 113 Å². The summed E-state index contributed by atoms with van der Waals surface area (Å²) in [6.07, 6.45) is 4.98. The zero-order valence-corrected chi connectivity index (χ0v) is 17.0. The maximum Gasteiger partial charge on any atom is 0.271 e. The van der Waals surface area contributed by atoms with Crippen molar-refractivity contribution in [2.75, 3.05) is 4.90 Å². The second-order valence-electron chi connectivity index (χ2n) is 7.99. The van der Waals surface area contributed by atoms with Crippen LogP contribution in [0.15, 0.2) is 65.8 Å². The van der Waals surface area contributed by atoms with Crippen molar-refractivity contribution in [2.45, 2.75) is 19.0 Å². The Morgan fingerprint density at radius 3 is 2.50 bits per heavy atom. The zero-order chi connectivity index (χ0) is 22.6. The van der Waals surface area contributed by atoms with E-state index in [-0.39, 0.29) is 17.2 Å². The van der Waals surface area contributed by atoms with Crippen molar-refractivity contribution < 1.29 is 19.3 Å². The van der Waals surface area contributed by atoms with Gasteiger partial charge in [-0.25, -0.2) is 4.90 Å². The number of imide groups is 1. The Morgan fingerprint density at radius 1 is 1.06 bits per heavy atom. The van der Waals surface area contributed by atoms with Gasteiger partial charge in [-0.05, 0) is 18.6 Å². The normalized spacial score (nSPS) is 25.8. The molecule has 0 spiro atoms. The lowest BCUT2D eigenvalue weighted by Gasteiger charge is -2.30. The molecule has 4 atom stereocenters. The van der Waals surface area contributed by atoms with Gasteiger partial charge in [-0.1, -0.05) is 42.5 Å². The maximum absolute atomic E-state index is 13.6. The molecule has 0 N–H and O–H groups in total. The summed E-state index contributed by atoms with van der Waals surface area (Å²) in [5.41, 5.74) is 0.928. The molecule has 0 radical (unpaired) electrons. The Labute approximate surface area is 182 Å². The number of allylic oxidation sites excluding steroid dienone is 1. The lowest BCUT2D eigenvalue weighted by molar-refractivity contribution is -0.384. The predicted octanol–water partition coefficient (Wildman–Crippen LogP) is 2.50. The Bertz CT molecular complexity index is 1220. The summed E-state index contributed by atoms with van der Waals surface area (Å²) in [7, 11) is 0. The predicted molar refractivity (Wildman–Crippen MR) is 115 cm³/mol. The van der Waals surface area contributed by atoms with Crippen LogP contribution in [0.4, 0.5) is 11.4 Å². The van der Waals surface area contributed by atoms with Gasteiger partial charge in [0.05, 0.1) is 28.5 Å². The van der Waals surface area contributed by atoms with Crippen LogP contribution in [-0.4, -0.2) is 45.8 Å². The summed E-state index contributed by atoms with van der Waals surface area (Å²) in [4.78, 5) is 52.2. The average molecular weight is 430 g/mol. The van der Waals surface area contributed by atoms with Gasteiger partial charge in [0.25, 0.3) is 5.69 Å². The van der Waals surface area contributed by atoms with Crippen LogP contribution in [0.1, 0.15) is 15.9 Å². The summed E-state index contributed by atoms with van der Waals surface area (Å²) < 4.78 is 0. The lowest BCUT2D eigenvalue weighted by atomic mass is 9.86. The van der Waals surface area contributed by atoms with Crippen molar-refractivity contribution in [3.05, 3.63) is 81.9 Å². The van der Waals surface area contributed by atoms with Gasteiger partial charge in [0.2, 0.25) is 11.8 Å².